The van der Waals surface area contributed by atoms with Crippen molar-refractivity contribution < 1.29 is 0 Å². The molecule has 0 heteroatoms. The highest BCUT2D eigenvalue weighted by Gasteiger charge is 1.93. The molecule has 10 heavy (non-hydrogen) atoms. The van der Waals surface area contributed by atoms with Gasteiger partial charge >= 0.3 is 0 Å². The molecule has 0 fully saturated rings. The van der Waals surface area contributed by atoms with Gasteiger partial charge in [0, 0.05) is 0 Å². The summed E-state index contributed by atoms with van der Waals surface area (Å²) < 4.78 is 0. The van der Waals surface area contributed by atoms with Gasteiger partial charge < -0.3 is 0 Å². The molecule has 0 bridgehead atoms. The summed E-state index contributed by atoms with van der Waals surface area (Å²) in [5, 5.41) is 0. The largest absolute Gasteiger partial charge is 0.0958 e. The Bertz CT molecular complexity index is 182. The molecule has 1 aliphatic rings. The molecule has 0 aliphatic heterocycles. The van der Waals surface area contributed by atoms with Gasteiger partial charge in [0.05, 0.1) is 0 Å². The third kappa shape index (κ3) is 2.22. The van der Waals surface area contributed by atoms with E-state index in [1.165, 1.54) is 24.0 Å². The molecule has 0 radical (unpaired) electrons. The topological polar surface area (TPSA) is 0 Å². The minimum absolute atomic E-state index is 1.15. The summed E-state index contributed by atoms with van der Waals surface area (Å²) in [5.41, 5.74) is 2.59. The number of hydrogen-bond acceptors (Lipinski definition) is 0. The van der Waals surface area contributed by atoms with Crippen LogP contribution in [-0.2, 0) is 0 Å². The molecular formula is C10H14. The van der Waals surface area contributed by atoms with E-state index in [1.807, 2.05) is 0 Å². The van der Waals surface area contributed by atoms with Crippen molar-refractivity contribution in [1.29, 1.82) is 0 Å². The molecule has 0 saturated carbocycles. The summed E-state index contributed by atoms with van der Waals surface area (Å²) >= 11 is 0. The Balaban J connectivity index is 2.69. The highest BCUT2D eigenvalue weighted by Crippen LogP contribution is 2.13. The Morgan fingerprint density at radius 3 is 3.10 bits per heavy atom. The van der Waals surface area contributed by atoms with Crippen molar-refractivity contribution in [3.8, 4) is 0 Å². The van der Waals surface area contributed by atoms with E-state index in [4.69, 9.17) is 0 Å². The van der Waals surface area contributed by atoms with E-state index in [2.05, 4.69) is 31.7 Å². The van der Waals surface area contributed by atoms with Gasteiger partial charge in [-0.1, -0.05) is 36.0 Å². The maximum absolute atomic E-state index is 3.96. The lowest BCUT2D eigenvalue weighted by Gasteiger charge is -2.02. The van der Waals surface area contributed by atoms with E-state index in [0.717, 1.165) is 6.42 Å². The Labute approximate surface area is 62.9 Å². The highest BCUT2D eigenvalue weighted by molar-refractivity contribution is 5.27. The molecule has 0 unspecified atom stereocenters. The zero-order valence-corrected chi connectivity index (χ0v) is 6.56. The first kappa shape index (κ1) is 7.33. The van der Waals surface area contributed by atoms with E-state index in [1.54, 1.807) is 0 Å². The fourth-order valence-electron chi connectivity index (χ4n) is 1.16. The minimum atomic E-state index is 1.15. The van der Waals surface area contributed by atoms with Crippen LogP contribution in [0.1, 0.15) is 26.2 Å². The summed E-state index contributed by atoms with van der Waals surface area (Å²) in [6.07, 6.45) is 10.2. The second kappa shape index (κ2) is 3.40. The lowest BCUT2D eigenvalue weighted by molar-refractivity contribution is 0.842. The van der Waals surface area contributed by atoms with Gasteiger partial charge in [-0.15, -0.1) is 0 Å². The minimum Gasteiger partial charge on any atom is -0.0958 e. The summed E-state index contributed by atoms with van der Waals surface area (Å²) in [6.45, 7) is 6.07. The summed E-state index contributed by atoms with van der Waals surface area (Å²) in [6, 6.07) is 0. The molecule has 0 aromatic heterocycles. The van der Waals surface area contributed by atoms with Crippen LogP contribution in [0.5, 0.6) is 0 Å². The van der Waals surface area contributed by atoms with Crippen LogP contribution < -0.4 is 0 Å². The Kier molecular flexibility index (Phi) is 2.49. The van der Waals surface area contributed by atoms with Gasteiger partial charge in [-0.05, 0) is 26.2 Å². The Hall–Kier alpha value is -0.780. The van der Waals surface area contributed by atoms with Crippen molar-refractivity contribution in [1.82, 2.24) is 0 Å². The predicted octanol–water partition coefficient (Wildman–Crippen LogP) is 3.23. The lowest BCUT2D eigenvalue weighted by atomic mass is 10.0. The van der Waals surface area contributed by atoms with Gasteiger partial charge in [-0.25, -0.2) is 0 Å². The van der Waals surface area contributed by atoms with Gasteiger partial charge in [0.25, 0.3) is 0 Å². The molecule has 0 saturated heterocycles. The summed E-state index contributed by atoms with van der Waals surface area (Å²) in [7, 11) is 0. The predicted molar refractivity (Wildman–Crippen MR) is 45.9 cm³/mol. The Morgan fingerprint density at radius 1 is 1.50 bits per heavy atom. The molecule has 1 rings (SSSR count). The number of hydrogen-bond donors (Lipinski definition) is 0. The average molecular weight is 134 g/mol. The highest BCUT2D eigenvalue weighted by atomic mass is 14.0. The molecule has 0 atom stereocenters. The average Bonchev–Trinajstić information content (AvgIpc) is 1.83. The van der Waals surface area contributed by atoms with Crippen LogP contribution in [-0.4, -0.2) is 0 Å². The zero-order valence-electron chi connectivity index (χ0n) is 6.56. The van der Waals surface area contributed by atoms with Crippen LogP contribution in [0.4, 0.5) is 0 Å². The first-order valence-corrected chi connectivity index (χ1v) is 3.81. The second-order valence-electron chi connectivity index (χ2n) is 2.84. The first-order chi connectivity index (χ1) is 4.79. The van der Waals surface area contributed by atoms with Gasteiger partial charge in [0.1, 0.15) is 0 Å². The van der Waals surface area contributed by atoms with Crippen molar-refractivity contribution in [2.75, 3.05) is 0 Å². The molecule has 0 spiro atoms. The smallest absolute Gasteiger partial charge is 0.0282 e. The van der Waals surface area contributed by atoms with Crippen molar-refractivity contribution in [3.63, 3.8) is 0 Å². The van der Waals surface area contributed by atoms with E-state index in [-0.39, 0.29) is 0 Å². The maximum Gasteiger partial charge on any atom is -0.0282 e. The van der Waals surface area contributed by atoms with E-state index < -0.39 is 0 Å². The van der Waals surface area contributed by atoms with E-state index >= 15 is 0 Å². The van der Waals surface area contributed by atoms with Gasteiger partial charge in [0.2, 0.25) is 0 Å². The molecule has 1 aliphatic carbocycles. The van der Waals surface area contributed by atoms with Crippen molar-refractivity contribution in [3.05, 3.63) is 36.0 Å². The second-order valence-corrected chi connectivity index (χ2v) is 2.84. The molecule has 0 N–H and O–H groups in total. The van der Waals surface area contributed by atoms with Crippen LogP contribution in [0.25, 0.3) is 0 Å². The Morgan fingerprint density at radius 2 is 2.30 bits per heavy atom. The van der Waals surface area contributed by atoms with Crippen molar-refractivity contribution in [2.24, 2.45) is 0 Å². The standard InChI is InChI=1S/C10H14/c1-9-6-4-3-5-7-10(2)8-9/h5,7-8H,1,3-4,6H2,2H3. The SMILES string of the molecule is C=C1C=C(C)C=CCCC1. The summed E-state index contributed by atoms with van der Waals surface area (Å²) in [4.78, 5) is 0. The number of allylic oxidation sites excluding steroid dienone is 5. The third-order valence-corrected chi connectivity index (χ3v) is 1.68. The molecule has 0 aromatic rings. The van der Waals surface area contributed by atoms with Crippen LogP contribution >= 0.6 is 0 Å². The van der Waals surface area contributed by atoms with E-state index in [0.29, 0.717) is 0 Å². The zero-order chi connectivity index (χ0) is 7.40. The fraction of sp³-hybridized carbons (Fsp3) is 0.400. The molecular weight excluding hydrogens is 120 g/mol. The molecule has 0 aromatic carbocycles. The van der Waals surface area contributed by atoms with E-state index in [9.17, 15) is 0 Å². The lowest BCUT2D eigenvalue weighted by Crippen LogP contribution is -1.82. The third-order valence-electron chi connectivity index (χ3n) is 1.68. The molecule has 0 nitrogen and oxygen atoms in total. The summed E-state index contributed by atoms with van der Waals surface area (Å²) in [5.74, 6) is 0. The van der Waals surface area contributed by atoms with Crippen LogP contribution in [0.3, 0.4) is 0 Å². The monoisotopic (exact) mass is 134 g/mol. The first-order valence-electron chi connectivity index (χ1n) is 3.81. The maximum atomic E-state index is 3.96. The van der Waals surface area contributed by atoms with Crippen LogP contribution in [0.15, 0.2) is 36.0 Å². The van der Waals surface area contributed by atoms with Gasteiger partial charge in [-0.2, -0.15) is 0 Å². The quantitative estimate of drug-likeness (QED) is 0.477. The van der Waals surface area contributed by atoms with Gasteiger partial charge in [-0.3, -0.25) is 0 Å². The fourth-order valence-corrected chi connectivity index (χ4v) is 1.16. The van der Waals surface area contributed by atoms with Crippen LogP contribution in [0.2, 0.25) is 0 Å². The number of rotatable bonds is 0. The molecule has 0 heterocycles. The van der Waals surface area contributed by atoms with Crippen molar-refractivity contribution in [2.45, 2.75) is 26.2 Å². The molecule has 0 amide bonds. The normalized spacial score (nSPS) is 19.7. The van der Waals surface area contributed by atoms with Gasteiger partial charge in [0.15, 0.2) is 0 Å². The van der Waals surface area contributed by atoms with Crippen LogP contribution in [0, 0.1) is 0 Å². The van der Waals surface area contributed by atoms with Crippen molar-refractivity contribution >= 4 is 0 Å². The molecule has 54 valence electrons.